The minimum atomic E-state index is -0.163. The van der Waals surface area contributed by atoms with Crippen molar-refractivity contribution in [2.24, 2.45) is 0 Å². The van der Waals surface area contributed by atoms with Gasteiger partial charge in [-0.3, -0.25) is 4.79 Å². The van der Waals surface area contributed by atoms with Gasteiger partial charge in [0.2, 0.25) is 0 Å². The number of nitrogens with one attached hydrogen (secondary N) is 1. The minimum Gasteiger partial charge on any atom is -0.493 e. The highest BCUT2D eigenvalue weighted by atomic mass is 32.1. The summed E-state index contributed by atoms with van der Waals surface area (Å²) in [5.74, 6) is 1.82. The van der Waals surface area contributed by atoms with Crippen LogP contribution in [0.3, 0.4) is 0 Å². The number of rotatable bonds is 10. The number of benzene rings is 2. The summed E-state index contributed by atoms with van der Waals surface area (Å²) in [6, 6.07) is 16.9. The van der Waals surface area contributed by atoms with Crippen LogP contribution in [0.4, 0.5) is 0 Å². The summed E-state index contributed by atoms with van der Waals surface area (Å²) in [7, 11) is 1.61. The molecule has 0 aliphatic carbocycles. The molecule has 32 heavy (non-hydrogen) atoms. The second kappa shape index (κ2) is 11.0. The molecule has 1 aliphatic heterocycles. The third kappa shape index (κ3) is 6.02. The van der Waals surface area contributed by atoms with Crippen molar-refractivity contribution in [3.05, 3.63) is 76.0 Å². The molecule has 7 heteroatoms. The Morgan fingerprint density at radius 1 is 1.12 bits per heavy atom. The maximum Gasteiger partial charge on any atom is 0.251 e. The molecular formula is C25H27NO5S. The van der Waals surface area contributed by atoms with Crippen molar-refractivity contribution in [3.8, 4) is 17.2 Å². The first-order chi connectivity index (χ1) is 15.7. The molecule has 0 spiro atoms. The number of hydrogen-bond donors (Lipinski definition) is 1. The molecule has 1 unspecified atom stereocenters. The highest BCUT2D eigenvalue weighted by Gasteiger charge is 2.17. The Bertz CT molecular complexity index is 1010. The van der Waals surface area contributed by atoms with E-state index >= 15 is 0 Å². The number of methoxy groups -OCH3 is 1. The van der Waals surface area contributed by atoms with Crippen molar-refractivity contribution >= 4 is 17.2 Å². The number of carbonyl (C=O) groups is 1. The summed E-state index contributed by atoms with van der Waals surface area (Å²) in [6.07, 6.45) is 2.24. The Morgan fingerprint density at radius 3 is 2.84 bits per heavy atom. The van der Waals surface area contributed by atoms with E-state index in [1.807, 2.05) is 47.8 Å². The van der Waals surface area contributed by atoms with E-state index < -0.39 is 0 Å². The van der Waals surface area contributed by atoms with Crippen molar-refractivity contribution < 1.29 is 23.7 Å². The fraction of sp³-hybridized carbons (Fsp3) is 0.320. The maximum absolute atomic E-state index is 12.6. The monoisotopic (exact) mass is 453 g/mol. The molecule has 1 atom stereocenters. The molecule has 4 rings (SSSR count). The lowest BCUT2D eigenvalue weighted by molar-refractivity contribution is 0.0669. The van der Waals surface area contributed by atoms with Gasteiger partial charge in [0.05, 0.1) is 13.2 Å². The molecule has 3 aromatic rings. The van der Waals surface area contributed by atoms with Crippen LogP contribution in [-0.2, 0) is 17.9 Å². The Morgan fingerprint density at radius 2 is 2.06 bits per heavy atom. The zero-order valence-electron chi connectivity index (χ0n) is 18.0. The second-order valence-electron chi connectivity index (χ2n) is 7.51. The van der Waals surface area contributed by atoms with Crippen LogP contribution in [0.15, 0.2) is 60.0 Å². The zero-order valence-corrected chi connectivity index (χ0v) is 18.9. The predicted molar refractivity (Wildman–Crippen MR) is 124 cm³/mol. The molecular weight excluding hydrogens is 426 g/mol. The van der Waals surface area contributed by atoms with E-state index in [0.717, 1.165) is 29.9 Å². The van der Waals surface area contributed by atoms with Crippen molar-refractivity contribution in [2.45, 2.75) is 32.1 Å². The van der Waals surface area contributed by atoms with E-state index in [2.05, 4.69) is 5.32 Å². The van der Waals surface area contributed by atoms with Gasteiger partial charge in [0.25, 0.3) is 5.91 Å². The Labute approximate surface area is 192 Å². The SMILES string of the molecule is COc1cc(CNC(=O)c2cccc(OCc3cccs3)c2)ccc1OCC1CCCO1. The Hall–Kier alpha value is -3.03. The van der Waals surface area contributed by atoms with Gasteiger partial charge in [-0.05, 0) is 60.2 Å². The molecule has 1 amide bonds. The smallest absolute Gasteiger partial charge is 0.251 e. The topological polar surface area (TPSA) is 66.0 Å². The van der Waals surface area contributed by atoms with E-state index in [4.69, 9.17) is 18.9 Å². The lowest BCUT2D eigenvalue weighted by atomic mass is 10.1. The molecule has 6 nitrogen and oxygen atoms in total. The molecule has 1 aliphatic rings. The molecule has 1 fully saturated rings. The average Bonchev–Trinajstić information content (AvgIpc) is 3.54. The zero-order chi connectivity index (χ0) is 22.2. The van der Waals surface area contributed by atoms with Gasteiger partial charge in [0.15, 0.2) is 11.5 Å². The molecule has 1 saturated heterocycles. The summed E-state index contributed by atoms with van der Waals surface area (Å²) in [6.45, 7) is 2.18. The first-order valence-electron chi connectivity index (χ1n) is 10.7. The van der Waals surface area contributed by atoms with Crippen LogP contribution in [0, 0.1) is 0 Å². The average molecular weight is 454 g/mol. The molecule has 2 aromatic carbocycles. The minimum absolute atomic E-state index is 0.142. The van der Waals surface area contributed by atoms with Crippen LogP contribution in [0.1, 0.15) is 33.6 Å². The largest absolute Gasteiger partial charge is 0.493 e. The van der Waals surface area contributed by atoms with Crippen molar-refractivity contribution in [1.82, 2.24) is 5.32 Å². The van der Waals surface area contributed by atoms with Gasteiger partial charge in [-0.15, -0.1) is 11.3 Å². The van der Waals surface area contributed by atoms with E-state index in [1.165, 1.54) is 0 Å². The molecule has 1 N–H and O–H groups in total. The highest BCUT2D eigenvalue weighted by molar-refractivity contribution is 7.09. The molecule has 1 aromatic heterocycles. The normalized spacial score (nSPS) is 15.3. The summed E-state index contributed by atoms with van der Waals surface area (Å²) >= 11 is 1.64. The van der Waals surface area contributed by atoms with Crippen LogP contribution < -0.4 is 19.5 Å². The number of thiophene rings is 1. The van der Waals surface area contributed by atoms with Gasteiger partial charge in [-0.1, -0.05) is 18.2 Å². The van der Waals surface area contributed by atoms with Gasteiger partial charge in [-0.25, -0.2) is 0 Å². The standard InChI is InChI=1S/C25H27NO5S/c1-28-24-13-18(9-10-23(24)31-16-21-7-3-11-29-21)15-26-25(27)19-5-2-6-20(14-19)30-17-22-8-4-12-32-22/h2,4-6,8-10,12-14,21H,3,7,11,15-17H2,1H3,(H,26,27). The van der Waals surface area contributed by atoms with Gasteiger partial charge in [-0.2, -0.15) is 0 Å². The Kier molecular flexibility index (Phi) is 7.64. The quantitative estimate of drug-likeness (QED) is 0.477. The molecule has 0 saturated carbocycles. The van der Waals surface area contributed by atoms with E-state index in [1.54, 1.807) is 30.6 Å². The summed E-state index contributed by atoms with van der Waals surface area (Å²) < 4.78 is 22.7. The van der Waals surface area contributed by atoms with Crippen LogP contribution in [0.2, 0.25) is 0 Å². The van der Waals surface area contributed by atoms with E-state index in [0.29, 0.717) is 42.6 Å². The van der Waals surface area contributed by atoms with Crippen LogP contribution in [-0.4, -0.2) is 32.3 Å². The molecule has 0 radical (unpaired) electrons. The van der Waals surface area contributed by atoms with E-state index in [9.17, 15) is 4.79 Å². The maximum atomic E-state index is 12.6. The first-order valence-corrected chi connectivity index (χ1v) is 11.5. The van der Waals surface area contributed by atoms with Crippen LogP contribution in [0.5, 0.6) is 17.2 Å². The van der Waals surface area contributed by atoms with Crippen LogP contribution in [0.25, 0.3) is 0 Å². The fourth-order valence-corrected chi connectivity index (χ4v) is 4.08. The lowest BCUT2D eigenvalue weighted by Crippen LogP contribution is -2.22. The van der Waals surface area contributed by atoms with Gasteiger partial charge in [0, 0.05) is 23.6 Å². The molecule has 168 valence electrons. The number of carbonyl (C=O) groups excluding carboxylic acids is 1. The molecule has 2 heterocycles. The lowest BCUT2D eigenvalue weighted by Gasteiger charge is -2.15. The summed E-state index contributed by atoms with van der Waals surface area (Å²) in [4.78, 5) is 13.8. The van der Waals surface area contributed by atoms with Gasteiger partial charge < -0.3 is 24.3 Å². The van der Waals surface area contributed by atoms with Crippen molar-refractivity contribution in [2.75, 3.05) is 20.3 Å². The first kappa shape index (κ1) is 22.2. The van der Waals surface area contributed by atoms with Crippen molar-refractivity contribution in [3.63, 3.8) is 0 Å². The number of amides is 1. The number of ether oxygens (including phenoxy) is 4. The Balaban J connectivity index is 1.31. The third-order valence-corrected chi connectivity index (χ3v) is 6.04. The predicted octanol–water partition coefficient (Wildman–Crippen LogP) is 4.82. The van der Waals surface area contributed by atoms with Gasteiger partial charge >= 0.3 is 0 Å². The second-order valence-corrected chi connectivity index (χ2v) is 8.54. The number of hydrogen-bond acceptors (Lipinski definition) is 6. The van der Waals surface area contributed by atoms with Gasteiger partial charge in [0.1, 0.15) is 19.0 Å². The fourth-order valence-electron chi connectivity index (χ4n) is 3.46. The van der Waals surface area contributed by atoms with E-state index in [-0.39, 0.29) is 12.0 Å². The third-order valence-electron chi connectivity index (χ3n) is 5.19. The molecule has 0 bridgehead atoms. The highest BCUT2D eigenvalue weighted by Crippen LogP contribution is 2.29. The van der Waals surface area contributed by atoms with Crippen LogP contribution >= 0.6 is 11.3 Å². The summed E-state index contributed by atoms with van der Waals surface area (Å²) in [5.41, 5.74) is 1.47. The van der Waals surface area contributed by atoms with Crippen molar-refractivity contribution in [1.29, 1.82) is 0 Å². The summed E-state index contributed by atoms with van der Waals surface area (Å²) in [5, 5.41) is 4.97.